The van der Waals surface area contributed by atoms with Crippen molar-refractivity contribution in [2.45, 2.75) is 225 Å². The van der Waals surface area contributed by atoms with E-state index in [0.717, 1.165) is 64.2 Å². The Labute approximate surface area is 345 Å². The van der Waals surface area contributed by atoms with Crippen LogP contribution in [0.5, 0.6) is 0 Å². The fourth-order valence-corrected chi connectivity index (χ4v) is 6.63. The summed E-state index contributed by atoms with van der Waals surface area (Å²) in [6.07, 6.45) is 54.2. The van der Waals surface area contributed by atoms with Crippen LogP contribution in [0.1, 0.15) is 207 Å². The minimum Gasteiger partial charge on any atom is -0.461 e. The molecule has 0 aromatic rings. The van der Waals surface area contributed by atoms with Crippen molar-refractivity contribution in [3.05, 3.63) is 72.9 Å². The molecule has 3 unspecified atom stereocenters. The van der Waals surface area contributed by atoms with Crippen LogP contribution >= 0.6 is 0 Å². The molecule has 0 bridgehead atoms. The predicted molar refractivity (Wildman–Crippen MR) is 241 cm³/mol. The number of amides is 1. The Morgan fingerprint density at radius 1 is 0.554 bits per heavy atom. The number of carbonyl (C=O) groups excluding carboxylic acids is 2. The van der Waals surface area contributed by atoms with E-state index in [1.165, 1.54) is 96.3 Å². The quantitative estimate of drug-likeness (QED) is 0.0249. The number of hydrogen-bond acceptors (Lipinski definition) is 5. The number of unbranched alkanes of at least 4 members (excludes halogenated alkanes) is 21. The molecule has 0 saturated carbocycles. The molecule has 0 aliphatic heterocycles. The zero-order valence-corrected chi connectivity index (χ0v) is 36.5. The Bertz CT molecular complexity index is 1060. The van der Waals surface area contributed by atoms with Crippen molar-refractivity contribution >= 4 is 11.9 Å². The van der Waals surface area contributed by atoms with Crippen LogP contribution in [0, 0.1) is 0 Å². The maximum absolute atomic E-state index is 13.1. The second-order valence-corrected chi connectivity index (χ2v) is 15.6. The molecule has 3 N–H and O–H groups in total. The molecule has 0 saturated heterocycles. The highest BCUT2D eigenvalue weighted by Crippen LogP contribution is 2.16. The van der Waals surface area contributed by atoms with Crippen LogP contribution in [0.2, 0.25) is 0 Å². The van der Waals surface area contributed by atoms with Crippen molar-refractivity contribution in [3.8, 4) is 0 Å². The summed E-state index contributed by atoms with van der Waals surface area (Å²) >= 11 is 0. The highest BCUT2D eigenvalue weighted by atomic mass is 16.5. The molecule has 6 heteroatoms. The van der Waals surface area contributed by atoms with Crippen molar-refractivity contribution in [1.82, 2.24) is 5.32 Å². The van der Waals surface area contributed by atoms with Gasteiger partial charge in [0, 0.05) is 12.8 Å². The summed E-state index contributed by atoms with van der Waals surface area (Å²) in [4.78, 5) is 25.9. The molecule has 0 aromatic heterocycles. The summed E-state index contributed by atoms with van der Waals surface area (Å²) in [5.41, 5.74) is 0. The maximum atomic E-state index is 13.1. The average Bonchev–Trinajstić information content (AvgIpc) is 3.19. The van der Waals surface area contributed by atoms with Gasteiger partial charge in [-0.25, -0.2) is 0 Å². The standard InChI is InChI=1S/C50H87NO5/c1-4-7-10-13-16-19-22-23-24-25-26-28-30-33-36-39-42-48(53)47(45-52)51-49(54)44-46(41-38-35-32-29-27-20-17-14-11-8-5-2)56-50(55)43-40-37-34-31-21-18-15-12-9-6-3/h8,11-12,14-15,17,20,27,29,32,35,38,46-48,52-53H,4-7,9-10,13,16,18-19,21-26,28,30-31,33-34,36-37,39-45H2,1-3H3,(H,51,54)/b11-8+,15-12-,17-14+,27-20-,32-29-,38-35+. The van der Waals surface area contributed by atoms with Gasteiger partial charge in [0.25, 0.3) is 0 Å². The third-order valence-electron chi connectivity index (χ3n) is 10.1. The smallest absolute Gasteiger partial charge is 0.306 e. The van der Waals surface area contributed by atoms with Crippen molar-refractivity contribution in [1.29, 1.82) is 0 Å². The highest BCUT2D eigenvalue weighted by Gasteiger charge is 2.23. The number of rotatable bonds is 40. The van der Waals surface area contributed by atoms with E-state index in [9.17, 15) is 19.8 Å². The van der Waals surface area contributed by atoms with Gasteiger partial charge in [-0.3, -0.25) is 9.59 Å². The molecule has 6 nitrogen and oxygen atoms in total. The second kappa shape index (κ2) is 43.4. The van der Waals surface area contributed by atoms with Gasteiger partial charge in [-0.05, 0) is 38.5 Å². The number of allylic oxidation sites excluding steroid dienone is 11. The summed E-state index contributed by atoms with van der Waals surface area (Å²) in [6, 6.07) is -0.742. The molecule has 56 heavy (non-hydrogen) atoms. The van der Waals surface area contributed by atoms with Crippen LogP contribution < -0.4 is 5.32 Å². The van der Waals surface area contributed by atoms with Crippen LogP contribution in [0.25, 0.3) is 0 Å². The van der Waals surface area contributed by atoms with Crippen LogP contribution in [0.3, 0.4) is 0 Å². The first kappa shape index (κ1) is 53.3. The topological polar surface area (TPSA) is 95.9 Å². The monoisotopic (exact) mass is 782 g/mol. The van der Waals surface area contributed by atoms with E-state index in [-0.39, 0.29) is 24.9 Å². The van der Waals surface area contributed by atoms with Gasteiger partial charge in [0.05, 0.1) is 25.2 Å². The van der Waals surface area contributed by atoms with Gasteiger partial charge >= 0.3 is 5.97 Å². The van der Waals surface area contributed by atoms with Crippen molar-refractivity contribution in [2.24, 2.45) is 0 Å². The van der Waals surface area contributed by atoms with Crippen LogP contribution in [0.15, 0.2) is 72.9 Å². The van der Waals surface area contributed by atoms with E-state index in [1.807, 2.05) is 54.7 Å². The number of aliphatic hydroxyl groups is 2. The Kier molecular flexibility index (Phi) is 41.3. The lowest BCUT2D eigenvalue weighted by Gasteiger charge is -2.24. The molecule has 0 aliphatic carbocycles. The van der Waals surface area contributed by atoms with E-state index in [2.05, 4.69) is 44.3 Å². The summed E-state index contributed by atoms with van der Waals surface area (Å²) in [5.74, 6) is -0.625. The number of esters is 1. The minimum atomic E-state index is -0.820. The highest BCUT2D eigenvalue weighted by molar-refractivity contribution is 5.77. The summed E-state index contributed by atoms with van der Waals surface area (Å²) < 4.78 is 5.80. The fraction of sp³-hybridized carbons (Fsp3) is 0.720. The lowest BCUT2D eigenvalue weighted by atomic mass is 10.0. The number of nitrogens with one attached hydrogen (secondary N) is 1. The Balaban J connectivity index is 4.63. The lowest BCUT2D eigenvalue weighted by molar-refractivity contribution is -0.150. The molecule has 0 radical (unpaired) electrons. The first-order chi connectivity index (χ1) is 27.5. The summed E-state index contributed by atoms with van der Waals surface area (Å²) in [6.45, 7) is 6.22. The molecular weight excluding hydrogens is 695 g/mol. The normalized spacial score (nSPS) is 14.0. The first-order valence-electron chi connectivity index (χ1n) is 23.2. The second-order valence-electron chi connectivity index (χ2n) is 15.6. The van der Waals surface area contributed by atoms with Gasteiger partial charge in [-0.2, -0.15) is 0 Å². The predicted octanol–water partition coefficient (Wildman–Crippen LogP) is 13.4. The number of hydrogen-bond donors (Lipinski definition) is 3. The van der Waals surface area contributed by atoms with Crippen LogP contribution in [0.4, 0.5) is 0 Å². The molecule has 0 aliphatic rings. The average molecular weight is 782 g/mol. The van der Waals surface area contributed by atoms with E-state index < -0.39 is 18.2 Å². The Morgan fingerprint density at radius 2 is 1.04 bits per heavy atom. The third kappa shape index (κ3) is 38.2. The van der Waals surface area contributed by atoms with Gasteiger partial charge in [0.15, 0.2) is 0 Å². The molecule has 0 aromatic carbocycles. The molecule has 0 spiro atoms. The SMILES string of the molecule is CC/C=C/C=C/C=C\C=C/C=C/CC(CC(=O)NC(CO)C(O)CCCCCCCCCCCCCCCCCC)OC(=O)CCCCCCC/C=C\CCC. The lowest BCUT2D eigenvalue weighted by Crippen LogP contribution is -2.46. The molecular formula is C50H87NO5. The zero-order valence-electron chi connectivity index (χ0n) is 36.5. The van der Waals surface area contributed by atoms with Crippen molar-refractivity contribution in [2.75, 3.05) is 6.61 Å². The van der Waals surface area contributed by atoms with Gasteiger partial charge in [0.2, 0.25) is 5.91 Å². The molecule has 0 rings (SSSR count). The van der Waals surface area contributed by atoms with E-state index in [1.54, 1.807) is 0 Å². The maximum Gasteiger partial charge on any atom is 0.306 e. The minimum absolute atomic E-state index is 0.0242. The van der Waals surface area contributed by atoms with Crippen molar-refractivity contribution < 1.29 is 24.5 Å². The molecule has 0 heterocycles. The molecule has 1 amide bonds. The molecule has 322 valence electrons. The fourth-order valence-electron chi connectivity index (χ4n) is 6.63. The van der Waals surface area contributed by atoms with Crippen LogP contribution in [-0.2, 0) is 14.3 Å². The Morgan fingerprint density at radius 3 is 1.57 bits per heavy atom. The number of ether oxygens (including phenoxy) is 1. The van der Waals surface area contributed by atoms with E-state index in [4.69, 9.17) is 4.74 Å². The van der Waals surface area contributed by atoms with Gasteiger partial charge in [-0.1, -0.05) is 222 Å². The van der Waals surface area contributed by atoms with Crippen LogP contribution in [-0.4, -0.2) is 46.9 Å². The van der Waals surface area contributed by atoms with E-state index >= 15 is 0 Å². The number of carbonyl (C=O) groups is 2. The Hall–Kier alpha value is -2.70. The molecule has 0 fully saturated rings. The molecule has 3 atom stereocenters. The zero-order chi connectivity index (χ0) is 41.0. The summed E-state index contributed by atoms with van der Waals surface area (Å²) in [7, 11) is 0. The van der Waals surface area contributed by atoms with Gasteiger partial charge < -0.3 is 20.3 Å². The third-order valence-corrected chi connectivity index (χ3v) is 10.1. The summed E-state index contributed by atoms with van der Waals surface area (Å²) in [5, 5.41) is 23.6. The van der Waals surface area contributed by atoms with Gasteiger partial charge in [0.1, 0.15) is 6.10 Å². The first-order valence-corrected chi connectivity index (χ1v) is 23.2. The largest absolute Gasteiger partial charge is 0.461 e. The van der Waals surface area contributed by atoms with Crippen molar-refractivity contribution in [3.63, 3.8) is 0 Å². The number of aliphatic hydroxyl groups excluding tert-OH is 2. The van der Waals surface area contributed by atoms with Gasteiger partial charge in [-0.15, -0.1) is 0 Å². The van der Waals surface area contributed by atoms with E-state index in [0.29, 0.717) is 19.3 Å².